The Hall–Kier alpha value is 0.300. The number of ketones is 2. The van der Waals surface area contributed by atoms with Crippen LogP contribution in [-0.4, -0.2) is 25.6 Å². The van der Waals surface area contributed by atoms with Gasteiger partial charge >= 0.3 is 0 Å². The minimum atomic E-state index is -1.93. The number of alkyl halides is 4. The zero-order valence-corrected chi connectivity index (χ0v) is 13.3. The second kappa shape index (κ2) is 3.73. The van der Waals surface area contributed by atoms with Crippen LogP contribution in [0, 0.1) is 0 Å². The molecular weight excluding hydrogens is 377 g/mol. The lowest BCUT2D eigenvalue weighted by molar-refractivity contribution is -0.115. The number of halogens is 6. The van der Waals surface area contributed by atoms with E-state index in [1.165, 1.54) is 0 Å². The Morgan fingerprint density at radius 2 is 1.05 bits per heavy atom. The van der Waals surface area contributed by atoms with E-state index in [0.717, 1.165) is 12.2 Å². The molecule has 0 saturated heterocycles. The van der Waals surface area contributed by atoms with Crippen LogP contribution in [0.5, 0.6) is 0 Å². The SMILES string of the molecule is O=C1C=CC(=O)C2=C1[C@]1(Cl)C(Cl)=C(Cl)[C@@]2(Cl)C1(Cl)Cl. The highest BCUT2D eigenvalue weighted by atomic mass is 35.5. The molecule has 0 aromatic rings. The van der Waals surface area contributed by atoms with E-state index in [1.54, 1.807) is 0 Å². The third-order valence-electron chi connectivity index (χ3n) is 3.48. The molecule has 0 saturated carbocycles. The fraction of sp³-hybridized carbons (Fsp3) is 0.273. The summed E-state index contributed by atoms with van der Waals surface area (Å²) < 4.78 is -1.93. The normalized spacial score (nSPS) is 39.5. The van der Waals surface area contributed by atoms with Gasteiger partial charge in [0.1, 0.15) is 9.75 Å². The topological polar surface area (TPSA) is 34.1 Å². The number of hydrogen-bond donors (Lipinski definition) is 0. The van der Waals surface area contributed by atoms with Crippen molar-refractivity contribution in [3.05, 3.63) is 33.4 Å². The molecule has 0 spiro atoms. The van der Waals surface area contributed by atoms with E-state index in [0.29, 0.717) is 0 Å². The van der Waals surface area contributed by atoms with Crippen molar-refractivity contribution in [3.63, 3.8) is 0 Å². The van der Waals surface area contributed by atoms with Crippen LogP contribution in [0.4, 0.5) is 0 Å². The Labute approximate surface area is 137 Å². The zero-order valence-electron chi connectivity index (χ0n) is 8.74. The zero-order chi connectivity index (χ0) is 14.4. The van der Waals surface area contributed by atoms with E-state index in [-0.39, 0.29) is 21.2 Å². The number of carbonyl (C=O) groups is 2. The first-order chi connectivity index (χ1) is 8.61. The third kappa shape index (κ3) is 1.21. The molecule has 8 heteroatoms. The van der Waals surface area contributed by atoms with E-state index >= 15 is 0 Å². The van der Waals surface area contributed by atoms with Crippen LogP contribution in [0.15, 0.2) is 33.4 Å². The van der Waals surface area contributed by atoms with E-state index in [2.05, 4.69) is 0 Å². The molecule has 2 nitrogen and oxygen atoms in total. The summed E-state index contributed by atoms with van der Waals surface area (Å²) in [6.07, 6.45) is 2.16. The van der Waals surface area contributed by atoms with Crippen LogP contribution in [-0.2, 0) is 9.59 Å². The van der Waals surface area contributed by atoms with Crippen molar-refractivity contribution in [1.82, 2.24) is 0 Å². The third-order valence-corrected chi connectivity index (χ3v) is 7.56. The molecule has 0 aromatic carbocycles. The van der Waals surface area contributed by atoms with Crippen molar-refractivity contribution in [3.8, 4) is 0 Å². The fourth-order valence-corrected chi connectivity index (χ4v) is 5.30. The molecule has 3 aliphatic rings. The molecule has 0 aromatic heterocycles. The van der Waals surface area contributed by atoms with Crippen molar-refractivity contribution in [2.75, 3.05) is 0 Å². The van der Waals surface area contributed by atoms with Gasteiger partial charge in [-0.2, -0.15) is 0 Å². The predicted octanol–water partition coefficient (Wildman–Crippen LogP) is 3.84. The van der Waals surface area contributed by atoms with Gasteiger partial charge in [0.25, 0.3) is 0 Å². The molecule has 0 radical (unpaired) electrons. The number of fused-ring (bicyclic) bond motifs is 4. The monoisotopic (exact) mass is 376 g/mol. The average Bonchev–Trinajstić information content (AvgIpc) is 2.55. The van der Waals surface area contributed by atoms with Crippen LogP contribution in [0.2, 0.25) is 0 Å². The maximum atomic E-state index is 12.0. The van der Waals surface area contributed by atoms with Crippen LogP contribution >= 0.6 is 69.6 Å². The van der Waals surface area contributed by atoms with E-state index in [9.17, 15) is 9.59 Å². The molecule has 2 bridgehead atoms. The first kappa shape index (κ1) is 14.2. The molecule has 0 N–H and O–H groups in total. The summed E-state index contributed by atoms with van der Waals surface area (Å²) in [7, 11) is 0. The minimum absolute atomic E-state index is 0.101. The Morgan fingerprint density at radius 1 is 0.737 bits per heavy atom. The van der Waals surface area contributed by atoms with Gasteiger partial charge in [-0.05, 0) is 12.2 Å². The van der Waals surface area contributed by atoms with Gasteiger partial charge in [0.2, 0.25) is 0 Å². The Balaban J connectivity index is 2.44. The smallest absolute Gasteiger partial charge is 0.184 e. The molecule has 2 atom stereocenters. The lowest BCUT2D eigenvalue weighted by Crippen LogP contribution is -2.46. The number of hydrogen-bond acceptors (Lipinski definition) is 2. The van der Waals surface area contributed by atoms with Gasteiger partial charge in [0.05, 0.1) is 10.1 Å². The van der Waals surface area contributed by atoms with E-state index < -0.39 is 25.6 Å². The van der Waals surface area contributed by atoms with Crippen molar-refractivity contribution in [1.29, 1.82) is 0 Å². The summed E-state index contributed by atoms with van der Waals surface area (Å²) in [5.74, 6) is -1.03. The standard InChI is InChI=1S/C11H2Cl6O2/c12-7-8(13)10(15)6-4(19)2-1-3(18)5(6)9(7,14)11(10,16)17/h1-2H/t9-,10+. The Kier molecular flexibility index (Phi) is 2.80. The second-order valence-corrected chi connectivity index (χ2v) is 7.55. The average molecular weight is 379 g/mol. The van der Waals surface area contributed by atoms with Gasteiger partial charge in [-0.3, -0.25) is 9.59 Å². The molecule has 3 rings (SSSR count). The highest BCUT2D eigenvalue weighted by molar-refractivity contribution is 6.69. The summed E-state index contributed by atoms with van der Waals surface area (Å²) in [6.45, 7) is 0. The van der Waals surface area contributed by atoms with Crippen LogP contribution in [0.1, 0.15) is 0 Å². The molecule has 100 valence electrons. The predicted molar refractivity (Wildman–Crippen MR) is 76.5 cm³/mol. The molecular formula is C11H2Cl6O2. The van der Waals surface area contributed by atoms with Crippen LogP contribution in [0.25, 0.3) is 0 Å². The van der Waals surface area contributed by atoms with E-state index in [4.69, 9.17) is 69.6 Å². The van der Waals surface area contributed by atoms with Crippen LogP contribution < -0.4 is 0 Å². The van der Waals surface area contributed by atoms with Gasteiger partial charge in [-0.15, -0.1) is 23.2 Å². The second-order valence-electron chi connectivity index (χ2n) is 4.33. The lowest BCUT2D eigenvalue weighted by atomic mass is 9.86. The maximum absolute atomic E-state index is 12.0. The number of allylic oxidation sites excluding steroid dienone is 6. The van der Waals surface area contributed by atoms with Crippen molar-refractivity contribution in [2.24, 2.45) is 0 Å². The highest BCUT2D eigenvalue weighted by Crippen LogP contribution is 2.74. The molecule has 0 amide bonds. The molecule has 0 heterocycles. The summed E-state index contributed by atoms with van der Waals surface area (Å²) >= 11 is 37.3. The van der Waals surface area contributed by atoms with Crippen LogP contribution in [0.3, 0.4) is 0 Å². The molecule has 19 heavy (non-hydrogen) atoms. The van der Waals surface area contributed by atoms with Gasteiger partial charge in [0, 0.05) is 11.1 Å². The Morgan fingerprint density at radius 3 is 1.37 bits per heavy atom. The first-order valence-corrected chi connectivity index (χ1v) is 7.22. The van der Waals surface area contributed by atoms with Gasteiger partial charge in [-0.25, -0.2) is 0 Å². The van der Waals surface area contributed by atoms with E-state index in [1.807, 2.05) is 0 Å². The highest BCUT2D eigenvalue weighted by Gasteiger charge is 2.80. The summed E-state index contributed by atoms with van der Waals surface area (Å²) in [4.78, 5) is 20.4. The fourth-order valence-electron chi connectivity index (χ4n) is 2.60. The summed E-state index contributed by atoms with van der Waals surface area (Å²) in [5, 5.41) is -0.267. The first-order valence-electron chi connectivity index (χ1n) is 4.95. The van der Waals surface area contributed by atoms with Gasteiger partial charge in [0.15, 0.2) is 15.9 Å². The lowest BCUT2D eigenvalue weighted by Gasteiger charge is -2.32. The number of rotatable bonds is 0. The summed E-state index contributed by atoms with van der Waals surface area (Å²) in [5.41, 5.74) is -0.202. The Bertz CT molecular complexity index is 606. The molecule has 0 fully saturated rings. The van der Waals surface area contributed by atoms with Crippen molar-refractivity contribution in [2.45, 2.75) is 14.1 Å². The molecule has 0 aliphatic heterocycles. The van der Waals surface area contributed by atoms with Gasteiger partial charge < -0.3 is 0 Å². The van der Waals surface area contributed by atoms with Gasteiger partial charge in [-0.1, -0.05) is 46.4 Å². The van der Waals surface area contributed by atoms with Crippen molar-refractivity contribution >= 4 is 81.2 Å². The quantitative estimate of drug-likeness (QED) is 0.474. The molecule has 0 unspecified atom stereocenters. The number of carbonyl (C=O) groups excluding carboxylic acids is 2. The van der Waals surface area contributed by atoms with Crippen molar-refractivity contribution < 1.29 is 9.59 Å². The largest absolute Gasteiger partial charge is 0.290 e. The maximum Gasteiger partial charge on any atom is 0.184 e. The molecule has 3 aliphatic carbocycles. The minimum Gasteiger partial charge on any atom is -0.290 e. The summed E-state index contributed by atoms with van der Waals surface area (Å²) in [6, 6.07) is 0.